The Kier molecular flexibility index (Phi) is 11.0. The van der Waals surface area contributed by atoms with Crippen molar-refractivity contribution in [3.63, 3.8) is 0 Å². The zero-order valence-corrected chi connectivity index (χ0v) is 23.1. The summed E-state index contributed by atoms with van der Waals surface area (Å²) in [4.78, 5) is 27.9. The second-order valence-electron chi connectivity index (χ2n) is 8.50. The Morgan fingerprint density at radius 1 is 1.00 bits per heavy atom. The van der Waals surface area contributed by atoms with E-state index in [0.717, 1.165) is 29.0 Å². The van der Waals surface area contributed by atoms with Crippen molar-refractivity contribution in [3.05, 3.63) is 48.0 Å². The molecule has 0 heterocycles. The van der Waals surface area contributed by atoms with Crippen LogP contribution >= 0.6 is 0 Å². The van der Waals surface area contributed by atoms with E-state index in [4.69, 9.17) is 14.2 Å². The molecule has 2 aromatic rings. The number of hydrogen-bond donors (Lipinski definition) is 1. The Bertz CT molecular complexity index is 1170. The zero-order chi connectivity index (χ0) is 27.6. The SMILES string of the molecule is CCCCNC(=O)[C@H](C)N(Cc1cccc(OC)c1)C(=O)CN(c1ccc(OC)c(OC)c1)S(C)(=O)=O. The molecule has 2 aromatic carbocycles. The number of amides is 2. The predicted molar refractivity (Wildman–Crippen MR) is 143 cm³/mol. The van der Waals surface area contributed by atoms with Crippen LogP contribution in [0.4, 0.5) is 5.69 Å². The maximum Gasteiger partial charge on any atom is 0.244 e. The number of anilines is 1. The molecule has 37 heavy (non-hydrogen) atoms. The van der Waals surface area contributed by atoms with E-state index in [0.29, 0.717) is 23.8 Å². The molecule has 0 fully saturated rings. The number of benzene rings is 2. The van der Waals surface area contributed by atoms with Crippen LogP contribution in [0.5, 0.6) is 17.2 Å². The van der Waals surface area contributed by atoms with Gasteiger partial charge in [0, 0.05) is 19.2 Å². The van der Waals surface area contributed by atoms with Gasteiger partial charge in [0.05, 0.1) is 33.3 Å². The van der Waals surface area contributed by atoms with Gasteiger partial charge in [-0.1, -0.05) is 25.5 Å². The molecule has 0 saturated carbocycles. The first-order valence-corrected chi connectivity index (χ1v) is 13.8. The normalized spacial score (nSPS) is 11.8. The average Bonchev–Trinajstić information content (AvgIpc) is 2.88. The molecule has 0 aromatic heterocycles. The van der Waals surface area contributed by atoms with Crippen molar-refractivity contribution < 1.29 is 32.2 Å². The highest BCUT2D eigenvalue weighted by Gasteiger charge is 2.30. The second-order valence-corrected chi connectivity index (χ2v) is 10.4. The Hall–Kier alpha value is -3.47. The van der Waals surface area contributed by atoms with Crippen LogP contribution in [0.2, 0.25) is 0 Å². The van der Waals surface area contributed by atoms with Crippen LogP contribution in [0.15, 0.2) is 42.5 Å². The van der Waals surface area contributed by atoms with Gasteiger partial charge in [0.15, 0.2) is 11.5 Å². The molecule has 1 N–H and O–H groups in total. The van der Waals surface area contributed by atoms with Gasteiger partial charge in [-0.05, 0) is 43.2 Å². The summed E-state index contributed by atoms with van der Waals surface area (Å²) in [5.41, 5.74) is 0.966. The van der Waals surface area contributed by atoms with E-state index in [2.05, 4.69) is 5.32 Å². The minimum Gasteiger partial charge on any atom is -0.497 e. The monoisotopic (exact) mass is 535 g/mol. The van der Waals surface area contributed by atoms with E-state index in [-0.39, 0.29) is 18.1 Å². The molecule has 0 aliphatic heterocycles. The van der Waals surface area contributed by atoms with Gasteiger partial charge >= 0.3 is 0 Å². The maximum absolute atomic E-state index is 13.6. The van der Waals surface area contributed by atoms with Crippen LogP contribution in [0.25, 0.3) is 0 Å². The zero-order valence-electron chi connectivity index (χ0n) is 22.3. The van der Waals surface area contributed by atoms with Gasteiger partial charge in [-0.25, -0.2) is 8.42 Å². The van der Waals surface area contributed by atoms with Crippen molar-refractivity contribution in [3.8, 4) is 17.2 Å². The molecule has 204 valence electrons. The van der Waals surface area contributed by atoms with Gasteiger partial charge in [-0.2, -0.15) is 0 Å². The fourth-order valence-electron chi connectivity index (χ4n) is 3.68. The number of methoxy groups -OCH3 is 3. The third kappa shape index (κ3) is 8.28. The third-order valence-corrected chi connectivity index (χ3v) is 6.96. The number of hydrogen-bond acceptors (Lipinski definition) is 7. The summed E-state index contributed by atoms with van der Waals surface area (Å²) in [6.07, 6.45) is 2.74. The van der Waals surface area contributed by atoms with E-state index in [1.165, 1.54) is 31.3 Å². The minimum atomic E-state index is -3.87. The van der Waals surface area contributed by atoms with Gasteiger partial charge in [0.1, 0.15) is 18.3 Å². The number of unbranched alkanes of at least 4 members (excludes halogenated alkanes) is 1. The van der Waals surface area contributed by atoms with Gasteiger partial charge in [-0.15, -0.1) is 0 Å². The van der Waals surface area contributed by atoms with Crippen molar-refractivity contribution >= 4 is 27.5 Å². The third-order valence-electron chi connectivity index (χ3n) is 5.82. The molecule has 0 saturated heterocycles. The molecule has 0 aliphatic rings. The van der Waals surface area contributed by atoms with Crippen LogP contribution in [-0.4, -0.2) is 71.8 Å². The molecular formula is C26H37N3O7S. The average molecular weight is 536 g/mol. The van der Waals surface area contributed by atoms with Crippen molar-refractivity contribution in [1.29, 1.82) is 0 Å². The summed E-state index contributed by atoms with van der Waals surface area (Å²) in [7, 11) is 0.579. The number of nitrogens with one attached hydrogen (secondary N) is 1. The molecule has 0 aliphatic carbocycles. The molecule has 11 heteroatoms. The largest absolute Gasteiger partial charge is 0.497 e. The quantitative estimate of drug-likeness (QED) is 0.370. The van der Waals surface area contributed by atoms with Crippen LogP contribution in [0.1, 0.15) is 32.3 Å². The van der Waals surface area contributed by atoms with E-state index in [9.17, 15) is 18.0 Å². The fraction of sp³-hybridized carbons (Fsp3) is 0.462. The highest BCUT2D eigenvalue weighted by Crippen LogP contribution is 2.32. The summed E-state index contributed by atoms with van der Waals surface area (Å²) in [6, 6.07) is 10.9. The van der Waals surface area contributed by atoms with Crippen molar-refractivity contribution in [2.24, 2.45) is 0 Å². The van der Waals surface area contributed by atoms with E-state index in [1.54, 1.807) is 38.3 Å². The van der Waals surface area contributed by atoms with Crippen LogP contribution in [0.3, 0.4) is 0 Å². The lowest BCUT2D eigenvalue weighted by Crippen LogP contribution is -2.51. The Morgan fingerprint density at radius 2 is 1.70 bits per heavy atom. The lowest BCUT2D eigenvalue weighted by Gasteiger charge is -2.31. The van der Waals surface area contributed by atoms with Crippen molar-refractivity contribution in [2.75, 3.05) is 45.0 Å². The molecule has 0 unspecified atom stereocenters. The molecular weight excluding hydrogens is 498 g/mol. The minimum absolute atomic E-state index is 0.0853. The Morgan fingerprint density at radius 3 is 2.30 bits per heavy atom. The predicted octanol–water partition coefficient (Wildman–Crippen LogP) is 2.81. The maximum atomic E-state index is 13.6. The van der Waals surface area contributed by atoms with Crippen molar-refractivity contribution in [2.45, 2.75) is 39.3 Å². The number of sulfonamides is 1. The number of rotatable bonds is 14. The molecule has 2 amide bonds. The van der Waals surface area contributed by atoms with E-state index >= 15 is 0 Å². The van der Waals surface area contributed by atoms with E-state index in [1.807, 2.05) is 13.0 Å². The van der Waals surface area contributed by atoms with Crippen molar-refractivity contribution in [1.82, 2.24) is 10.2 Å². The molecule has 0 bridgehead atoms. The standard InChI is InChI=1S/C26H37N3O7S/c1-7-8-14-27-26(31)19(2)28(17-20-10-9-11-22(15-20)34-3)25(30)18-29(37(6,32)33)21-12-13-23(35-4)24(16-21)36-5/h9-13,15-16,19H,7-8,14,17-18H2,1-6H3,(H,27,31)/t19-/m0/s1. The first kappa shape index (κ1) is 29.8. The number of carbonyl (C=O) groups excluding carboxylic acids is 2. The lowest BCUT2D eigenvalue weighted by molar-refractivity contribution is -0.139. The summed E-state index contributed by atoms with van der Waals surface area (Å²) < 4.78 is 42.3. The molecule has 0 radical (unpaired) electrons. The molecule has 1 atom stereocenters. The summed E-state index contributed by atoms with van der Waals surface area (Å²) >= 11 is 0. The van der Waals surface area contributed by atoms with Crippen LogP contribution in [0, 0.1) is 0 Å². The number of nitrogens with zero attached hydrogens (tertiary/aromatic N) is 2. The topological polar surface area (TPSA) is 114 Å². The lowest BCUT2D eigenvalue weighted by atomic mass is 10.1. The Balaban J connectivity index is 2.42. The summed E-state index contributed by atoms with van der Waals surface area (Å²) in [5.74, 6) is 0.483. The van der Waals surface area contributed by atoms with Gasteiger partial charge in [0.25, 0.3) is 0 Å². The fourth-order valence-corrected chi connectivity index (χ4v) is 4.52. The number of carbonyl (C=O) groups is 2. The number of ether oxygens (including phenoxy) is 3. The molecule has 10 nitrogen and oxygen atoms in total. The van der Waals surface area contributed by atoms with Gasteiger partial charge < -0.3 is 24.4 Å². The first-order chi connectivity index (χ1) is 17.5. The summed E-state index contributed by atoms with van der Waals surface area (Å²) in [5, 5.41) is 2.85. The van der Waals surface area contributed by atoms with E-state index < -0.39 is 28.5 Å². The van der Waals surface area contributed by atoms with Gasteiger partial charge in [0.2, 0.25) is 21.8 Å². The van der Waals surface area contributed by atoms with Crippen LogP contribution in [-0.2, 0) is 26.2 Å². The Labute approximate surface area is 219 Å². The summed E-state index contributed by atoms with van der Waals surface area (Å²) in [6.45, 7) is 3.71. The van der Waals surface area contributed by atoms with Gasteiger partial charge in [-0.3, -0.25) is 13.9 Å². The van der Waals surface area contributed by atoms with Crippen LogP contribution < -0.4 is 23.8 Å². The highest BCUT2D eigenvalue weighted by molar-refractivity contribution is 7.92. The first-order valence-electron chi connectivity index (χ1n) is 12.0. The molecule has 2 rings (SSSR count). The second kappa shape index (κ2) is 13.7. The highest BCUT2D eigenvalue weighted by atomic mass is 32.2. The molecule has 0 spiro atoms. The smallest absolute Gasteiger partial charge is 0.244 e.